The van der Waals surface area contributed by atoms with E-state index in [1.54, 1.807) is 12.2 Å². The summed E-state index contributed by atoms with van der Waals surface area (Å²) in [5, 5.41) is 0. The van der Waals surface area contributed by atoms with Crippen molar-refractivity contribution in [2.24, 2.45) is 29.6 Å². The van der Waals surface area contributed by atoms with Gasteiger partial charge in [-0.2, -0.15) is 0 Å². The fraction of sp³-hybridized carbons (Fsp3) is 0.714. The second kappa shape index (κ2) is 13.4. The van der Waals surface area contributed by atoms with Crippen molar-refractivity contribution in [2.45, 2.75) is 76.9 Å². The lowest BCUT2D eigenvalue weighted by Gasteiger charge is -2.38. The maximum Gasteiger partial charge on any atom is 0.160 e. The van der Waals surface area contributed by atoms with E-state index in [1.807, 2.05) is 12.2 Å². The molecule has 0 atom stereocenters. The number of hydrogen-bond donors (Lipinski definition) is 0. The normalized spacial score (nSPS) is 34.8. The van der Waals surface area contributed by atoms with Crippen molar-refractivity contribution in [1.29, 1.82) is 0 Å². The Morgan fingerprint density at radius 3 is 2.12 bits per heavy atom. The largest absolute Gasteiger partial charge is 0.352 e. The SMILES string of the molecule is C=C/C=C(\C=C(\F)CC1CCC(CF)CC1)C1CCC(C2OCC(CCC=C)CO2)CC1. The van der Waals surface area contributed by atoms with Gasteiger partial charge in [0, 0.05) is 18.3 Å². The zero-order valence-electron chi connectivity index (χ0n) is 19.7. The molecule has 0 spiro atoms. The summed E-state index contributed by atoms with van der Waals surface area (Å²) in [5.41, 5.74) is 1.06. The maximum absolute atomic E-state index is 14.9. The summed E-state index contributed by atoms with van der Waals surface area (Å²) in [7, 11) is 0. The maximum atomic E-state index is 14.9. The third-order valence-corrected chi connectivity index (χ3v) is 7.70. The van der Waals surface area contributed by atoms with Gasteiger partial charge in [-0.3, -0.25) is 4.39 Å². The van der Waals surface area contributed by atoms with Crippen molar-refractivity contribution in [2.75, 3.05) is 19.9 Å². The highest BCUT2D eigenvalue weighted by Gasteiger charge is 2.33. The standard InChI is InChI=1S/C28H42F2O2/c1-3-5-7-23-19-31-28(32-20-23)25-14-12-24(13-15-25)26(6-4-2)17-27(30)16-21-8-10-22(18-29)11-9-21/h3-4,6,17,21-25,28H,1-2,5,7-16,18-20H2/b26-6+,27-17+. The molecule has 2 nitrogen and oxygen atoms in total. The Morgan fingerprint density at radius 2 is 1.53 bits per heavy atom. The summed E-state index contributed by atoms with van der Waals surface area (Å²) in [4.78, 5) is 0. The van der Waals surface area contributed by atoms with Crippen LogP contribution in [0.5, 0.6) is 0 Å². The average Bonchev–Trinajstić information content (AvgIpc) is 2.83. The highest BCUT2D eigenvalue weighted by Crippen LogP contribution is 2.39. The van der Waals surface area contributed by atoms with Crippen molar-refractivity contribution < 1.29 is 18.3 Å². The minimum absolute atomic E-state index is 0.0339. The quantitative estimate of drug-likeness (QED) is 0.250. The lowest BCUT2D eigenvalue weighted by molar-refractivity contribution is -0.229. The van der Waals surface area contributed by atoms with Crippen molar-refractivity contribution in [3.63, 3.8) is 0 Å². The lowest BCUT2D eigenvalue weighted by Crippen LogP contribution is -2.38. The van der Waals surface area contributed by atoms with E-state index >= 15 is 0 Å². The van der Waals surface area contributed by atoms with Crippen LogP contribution in [0.25, 0.3) is 0 Å². The van der Waals surface area contributed by atoms with Gasteiger partial charge in [-0.05, 0) is 93.6 Å². The molecule has 1 heterocycles. The number of rotatable bonds is 10. The third kappa shape index (κ3) is 7.66. The van der Waals surface area contributed by atoms with Crippen LogP contribution >= 0.6 is 0 Å². The second-order valence-electron chi connectivity index (χ2n) is 10.1. The second-order valence-corrected chi connectivity index (χ2v) is 10.1. The van der Waals surface area contributed by atoms with Crippen molar-refractivity contribution in [3.05, 3.63) is 48.9 Å². The summed E-state index contributed by atoms with van der Waals surface area (Å²) in [6.45, 7) is 8.96. The first kappa shape index (κ1) is 25.4. The Kier molecular flexibility index (Phi) is 10.7. The van der Waals surface area contributed by atoms with Crippen LogP contribution in [-0.4, -0.2) is 26.2 Å². The zero-order chi connectivity index (χ0) is 22.8. The Morgan fingerprint density at radius 1 is 0.875 bits per heavy atom. The minimum atomic E-state index is -0.229. The molecule has 3 rings (SSSR count). The molecule has 32 heavy (non-hydrogen) atoms. The molecule has 0 unspecified atom stereocenters. The highest BCUT2D eigenvalue weighted by molar-refractivity contribution is 5.28. The molecular weight excluding hydrogens is 406 g/mol. The first-order valence-corrected chi connectivity index (χ1v) is 12.7. The number of hydrogen-bond acceptors (Lipinski definition) is 2. The molecule has 0 N–H and O–H groups in total. The van der Waals surface area contributed by atoms with Crippen molar-refractivity contribution >= 4 is 0 Å². The molecule has 3 aliphatic rings. The van der Waals surface area contributed by atoms with Crippen LogP contribution in [0.4, 0.5) is 8.78 Å². The first-order valence-electron chi connectivity index (χ1n) is 12.7. The highest BCUT2D eigenvalue weighted by atomic mass is 19.1. The predicted molar refractivity (Wildman–Crippen MR) is 128 cm³/mol. The molecular formula is C28H42F2O2. The molecule has 1 aliphatic heterocycles. The van der Waals surface area contributed by atoms with E-state index in [9.17, 15) is 8.78 Å². The van der Waals surface area contributed by atoms with Gasteiger partial charge < -0.3 is 9.47 Å². The van der Waals surface area contributed by atoms with Crippen molar-refractivity contribution in [3.8, 4) is 0 Å². The number of halogens is 2. The van der Waals surface area contributed by atoms with E-state index in [4.69, 9.17) is 9.47 Å². The van der Waals surface area contributed by atoms with Gasteiger partial charge in [-0.15, -0.1) is 6.58 Å². The number of alkyl halides is 1. The molecule has 0 aromatic rings. The van der Waals surface area contributed by atoms with Gasteiger partial charge in [-0.1, -0.05) is 24.8 Å². The van der Waals surface area contributed by atoms with Gasteiger partial charge >= 0.3 is 0 Å². The van der Waals surface area contributed by atoms with E-state index in [0.29, 0.717) is 30.1 Å². The smallest absolute Gasteiger partial charge is 0.160 e. The van der Waals surface area contributed by atoms with Crippen LogP contribution in [-0.2, 0) is 9.47 Å². The molecule has 0 aromatic heterocycles. The van der Waals surface area contributed by atoms with Gasteiger partial charge in [0.1, 0.15) is 5.83 Å². The van der Waals surface area contributed by atoms with Gasteiger partial charge in [-0.25, -0.2) is 4.39 Å². The van der Waals surface area contributed by atoms with Gasteiger partial charge in [0.2, 0.25) is 0 Å². The van der Waals surface area contributed by atoms with E-state index in [0.717, 1.165) is 83.0 Å². The topological polar surface area (TPSA) is 18.5 Å². The van der Waals surface area contributed by atoms with E-state index in [1.165, 1.54) is 0 Å². The molecule has 0 bridgehead atoms. The predicted octanol–water partition coefficient (Wildman–Crippen LogP) is 7.88. The fourth-order valence-corrected chi connectivity index (χ4v) is 5.62. The van der Waals surface area contributed by atoms with Crippen LogP contribution in [0.1, 0.15) is 70.6 Å². The molecule has 180 valence electrons. The van der Waals surface area contributed by atoms with E-state index < -0.39 is 0 Å². The van der Waals surface area contributed by atoms with Gasteiger partial charge in [0.15, 0.2) is 6.29 Å². The zero-order valence-corrected chi connectivity index (χ0v) is 19.7. The molecule has 2 saturated carbocycles. The monoisotopic (exact) mass is 448 g/mol. The first-order chi connectivity index (χ1) is 15.6. The molecule has 0 aromatic carbocycles. The molecule has 2 aliphatic carbocycles. The molecule has 0 radical (unpaired) electrons. The number of allylic oxidation sites excluding steroid dienone is 6. The van der Waals surface area contributed by atoms with Crippen LogP contribution in [0.3, 0.4) is 0 Å². The van der Waals surface area contributed by atoms with Gasteiger partial charge in [0.25, 0.3) is 0 Å². The minimum Gasteiger partial charge on any atom is -0.352 e. The van der Waals surface area contributed by atoms with Gasteiger partial charge in [0.05, 0.1) is 19.9 Å². The lowest BCUT2D eigenvalue weighted by atomic mass is 9.77. The van der Waals surface area contributed by atoms with E-state index in [2.05, 4.69) is 13.2 Å². The van der Waals surface area contributed by atoms with E-state index in [-0.39, 0.29) is 24.7 Å². The summed E-state index contributed by atoms with van der Waals surface area (Å²) in [6.07, 6.45) is 17.8. The summed E-state index contributed by atoms with van der Waals surface area (Å²) < 4.78 is 39.8. The van der Waals surface area contributed by atoms with Crippen molar-refractivity contribution in [1.82, 2.24) is 0 Å². The molecule has 0 amide bonds. The third-order valence-electron chi connectivity index (χ3n) is 7.70. The number of ether oxygens (including phenoxy) is 2. The molecule has 1 saturated heterocycles. The summed E-state index contributed by atoms with van der Waals surface area (Å²) in [5.74, 6) is 1.78. The van der Waals surface area contributed by atoms with Crippen LogP contribution in [0, 0.1) is 29.6 Å². The van der Waals surface area contributed by atoms with Crippen LogP contribution < -0.4 is 0 Å². The summed E-state index contributed by atoms with van der Waals surface area (Å²) >= 11 is 0. The fourth-order valence-electron chi connectivity index (χ4n) is 5.62. The molecule has 3 fully saturated rings. The Hall–Kier alpha value is -1.26. The Labute approximate surface area is 193 Å². The Balaban J connectivity index is 1.46. The van der Waals surface area contributed by atoms with Crippen LogP contribution in [0.15, 0.2) is 48.9 Å². The summed E-state index contributed by atoms with van der Waals surface area (Å²) in [6, 6.07) is 0. The average molecular weight is 449 g/mol. The molecule has 4 heteroatoms. The van der Waals surface area contributed by atoms with Crippen LogP contribution in [0.2, 0.25) is 0 Å². The Bertz CT molecular complexity index is 632.